The predicted molar refractivity (Wildman–Crippen MR) is 119 cm³/mol. The molecule has 0 saturated carbocycles. The fourth-order valence-corrected chi connectivity index (χ4v) is 2.95. The molecule has 15 nitrogen and oxygen atoms in total. The van der Waals surface area contributed by atoms with Crippen molar-refractivity contribution in [3.05, 3.63) is 67.3 Å². The van der Waals surface area contributed by atoms with Crippen molar-refractivity contribution in [2.75, 3.05) is 10.7 Å². The Morgan fingerprint density at radius 1 is 1.06 bits per heavy atom. The number of nitro benzene ring substituents is 2. The molecule has 2 aromatic carbocycles. The summed E-state index contributed by atoms with van der Waals surface area (Å²) >= 11 is 0. The maximum absolute atomic E-state index is 11.1. The Morgan fingerprint density at radius 3 is 2.44 bits per heavy atom. The van der Waals surface area contributed by atoms with E-state index in [9.17, 15) is 25.3 Å². The molecule has 4 rings (SSSR count). The zero-order valence-corrected chi connectivity index (χ0v) is 17.6. The van der Waals surface area contributed by atoms with E-state index in [4.69, 9.17) is 0 Å². The van der Waals surface area contributed by atoms with Crippen LogP contribution in [-0.4, -0.2) is 41.4 Å². The molecule has 0 fully saturated rings. The minimum Gasteiger partial charge on any atom is -0.502 e. The summed E-state index contributed by atoms with van der Waals surface area (Å²) < 4.78 is 4.65. The van der Waals surface area contributed by atoms with Crippen molar-refractivity contribution in [1.29, 1.82) is 0 Å². The molecule has 0 atom stereocenters. The van der Waals surface area contributed by atoms with Crippen molar-refractivity contribution in [3.8, 4) is 5.75 Å². The van der Waals surface area contributed by atoms with Crippen LogP contribution in [0.3, 0.4) is 0 Å². The van der Waals surface area contributed by atoms with Gasteiger partial charge in [0, 0.05) is 11.8 Å². The summed E-state index contributed by atoms with van der Waals surface area (Å²) in [6, 6.07) is 7.24. The number of rotatable bonds is 7. The van der Waals surface area contributed by atoms with E-state index in [1.165, 1.54) is 0 Å². The Morgan fingerprint density at radius 2 is 1.76 bits per heavy atom. The highest BCUT2D eigenvalue weighted by Gasteiger charge is 2.23. The Bertz CT molecular complexity index is 1470. The van der Waals surface area contributed by atoms with Crippen molar-refractivity contribution < 1.29 is 19.6 Å². The highest BCUT2D eigenvalue weighted by molar-refractivity contribution is 5.88. The van der Waals surface area contributed by atoms with E-state index in [0.29, 0.717) is 6.07 Å². The Kier molecular flexibility index (Phi) is 5.65. The van der Waals surface area contributed by atoms with E-state index in [1.807, 2.05) is 32.0 Å². The summed E-state index contributed by atoms with van der Waals surface area (Å²) in [6.07, 6.45) is 0.976. The Labute approximate surface area is 189 Å². The van der Waals surface area contributed by atoms with Crippen LogP contribution in [0.4, 0.5) is 28.7 Å². The van der Waals surface area contributed by atoms with E-state index < -0.39 is 27.0 Å². The topological polar surface area (TPSA) is 208 Å². The lowest BCUT2D eigenvalue weighted by Gasteiger charge is -2.12. The molecule has 4 aromatic rings. The second-order valence-corrected chi connectivity index (χ2v) is 6.99. The van der Waals surface area contributed by atoms with E-state index in [1.54, 1.807) is 0 Å². The number of aryl methyl sites for hydroxylation is 1. The van der Waals surface area contributed by atoms with Crippen LogP contribution in [0.5, 0.6) is 5.75 Å². The molecule has 0 aliphatic carbocycles. The number of nitrogens with one attached hydrogen (secondary N) is 2. The molecule has 0 saturated heterocycles. The third-order valence-electron chi connectivity index (χ3n) is 4.86. The average Bonchev–Trinajstić information content (AvgIpc) is 3.25. The highest BCUT2D eigenvalue weighted by Crippen LogP contribution is 2.33. The molecule has 0 aliphatic heterocycles. The number of hydrazone groups is 1. The van der Waals surface area contributed by atoms with Gasteiger partial charge in [0.25, 0.3) is 5.69 Å². The van der Waals surface area contributed by atoms with Crippen LogP contribution in [0, 0.1) is 34.1 Å². The van der Waals surface area contributed by atoms with Crippen LogP contribution < -0.4 is 10.7 Å². The van der Waals surface area contributed by atoms with E-state index >= 15 is 0 Å². The van der Waals surface area contributed by atoms with E-state index in [0.717, 1.165) is 29.1 Å². The molecule has 0 unspecified atom stereocenters. The first-order valence-corrected chi connectivity index (χ1v) is 9.53. The minimum atomic E-state index is -0.934. The van der Waals surface area contributed by atoms with Gasteiger partial charge in [-0.3, -0.25) is 25.7 Å². The number of benzene rings is 2. The normalized spacial score (nSPS) is 11.1. The van der Waals surface area contributed by atoms with Crippen molar-refractivity contribution in [2.24, 2.45) is 5.10 Å². The zero-order valence-electron chi connectivity index (χ0n) is 17.6. The maximum atomic E-state index is 11.1. The molecule has 0 bridgehead atoms. The first-order valence-electron chi connectivity index (χ1n) is 9.53. The summed E-state index contributed by atoms with van der Waals surface area (Å²) in [7, 11) is 0. The number of aromatic hydroxyl groups is 1. The van der Waals surface area contributed by atoms with Gasteiger partial charge in [0.1, 0.15) is 0 Å². The SMILES string of the molecule is Cc1cccc(Nc2nc3nonc3nc2N/N=C\c2cc([N+](=O)[O-])cc([N+](=O)[O-])c2O)c1C. The third kappa shape index (κ3) is 4.24. The number of anilines is 3. The number of fused-ring (bicyclic) bond motifs is 1. The maximum Gasteiger partial charge on any atom is 0.318 e. The Balaban J connectivity index is 1.70. The lowest BCUT2D eigenvalue weighted by atomic mass is 10.1. The molecule has 15 heteroatoms. The van der Waals surface area contributed by atoms with Crippen molar-refractivity contribution in [1.82, 2.24) is 20.3 Å². The molecular formula is C19H15N9O6. The molecule has 0 spiro atoms. The van der Waals surface area contributed by atoms with Gasteiger partial charge in [-0.1, -0.05) is 12.1 Å². The number of phenols is 1. The number of hydrogen-bond donors (Lipinski definition) is 3. The second-order valence-electron chi connectivity index (χ2n) is 6.99. The van der Waals surface area contributed by atoms with Gasteiger partial charge in [-0.2, -0.15) is 10.1 Å². The molecule has 0 aliphatic rings. The van der Waals surface area contributed by atoms with Crippen molar-refractivity contribution in [3.63, 3.8) is 0 Å². The first-order chi connectivity index (χ1) is 16.2. The molecule has 34 heavy (non-hydrogen) atoms. The lowest BCUT2D eigenvalue weighted by molar-refractivity contribution is -0.394. The number of non-ortho nitro benzene ring substituents is 1. The number of nitro groups is 2. The smallest absolute Gasteiger partial charge is 0.318 e. The van der Waals surface area contributed by atoms with Crippen LogP contribution in [0.25, 0.3) is 11.3 Å². The monoisotopic (exact) mass is 465 g/mol. The van der Waals surface area contributed by atoms with Crippen LogP contribution in [0.15, 0.2) is 40.1 Å². The van der Waals surface area contributed by atoms with E-state index in [-0.39, 0.29) is 28.5 Å². The fraction of sp³-hybridized carbons (Fsp3) is 0.105. The van der Waals surface area contributed by atoms with Crippen molar-refractivity contribution >= 4 is 46.2 Å². The summed E-state index contributed by atoms with van der Waals surface area (Å²) in [5.74, 6) is -0.486. The van der Waals surface area contributed by atoms with Gasteiger partial charge in [-0.25, -0.2) is 9.61 Å². The van der Waals surface area contributed by atoms with Gasteiger partial charge in [-0.15, -0.1) is 0 Å². The first kappa shape index (κ1) is 22.0. The summed E-state index contributed by atoms with van der Waals surface area (Å²) in [5.41, 5.74) is 3.88. The van der Waals surface area contributed by atoms with E-state index in [2.05, 4.69) is 40.8 Å². The number of phenolic OH excluding ortho intramolecular Hbond substituents is 1. The standard InChI is InChI=1S/C19H15N9O6/c1-9-4-3-5-13(10(9)2)21-16-17(23-19-18(22-16)25-34-26-19)24-20-8-11-6-12(27(30)31)7-14(15(11)29)28(32)33/h3-8,29H,1-2H3,(H,21,22,25)(H,23,24,26)/b20-8-. The van der Waals surface area contributed by atoms with Crippen LogP contribution in [-0.2, 0) is 0 Å². The van der Waals surface area contributed by atoms with Crippen molar-refractivity contribution in [2.45, 2.75) is 13.8 Å². The second kappa shape index (κ2) is 8.73. The van der Waals surface area contributed by atoms with Crippen LogP contribution >= 0.6 is 0 Å². The molecule has 2 heterocycles. The highest BCUT2D eigenvalue weighted by atomic mass is 16.6. The Hall–Kier alpha value is -5.21. The van der Waals surface area contributed by atoms with Gasteiger partial charge in [0.15, 0.2) is 11.6 Å². The molecule has 2 aromatic heterocycles. The molecule has 172 valence electrons. The van der Waals surface area contributed by atoms with Gasteiger partial charge < -0.3 is 10.4 Å². The lowest BCUT2D eigenvalue weighted by Crippen LogP contribution is -2.04. The van der Waals surface area contributed by atoms with Gasteiger partial charge in [-0.05, 0) is 41.4 Å². The predicted octanol–water partition coefficient (Wildman–Crippen LogP) is 3.34. The summed E-state index contributed by atoms with van der Waals surface area (Å²) in [6.45, 7) is 3.87. The summed E-state index contributed by atoms with van der Waals surface area (Å²) in [4.78, 5) is 29.0. The largest absolute Gasteiger partial charge is 0.502 e. The van der Waals surface area contributed by atoms with Gasteiger partial charge in [0.2, 0.25) is 17.0 Å². The molecule has 0 amide bonds. The van der Waals surface area contributed by atoms with Crippen LogP contribution in [0.1, 0.15) is 16.7 Å². The third-order valence-corrected chi connectivity index (χ3v) is 4.86. The summed E-state index contributed by atoms with van der Waals surface area (Å²) in [5, 5.41) is 46.7. The molecular weight excluding hydrogens is 450 g/mol. The number of aromatic nitrogens is 4. The fourth-order valence-electron chi connectivity index (χ4n) is 2.95. The van der Waals surface area contributed by atoms with Crippen LogP contribution in [0.2, 0.25) is 0 Å². The van der Waals surface area contributed by atoms with Gasteiger partial charge in [0.05, 0.1) is 27.7 Å². The minimum absolute atomic E-state index is 0.0815. The zero-order chi connectivity index (χ0) is 24.4. The molecule has 0 radical (unpaired) electrons. The number of hydrogen-bond acceptors (Lipinski definition) is 13. The quantitative estimate of drug-likeness (QED) is 0.204. The van der Waals surface area contributed by atoms with Gasteiger partial charge >= 0.3 is 5.69 Å². The average molecular weight is 465 g/mol. The number of nitrogens with zero attached hydrogens (tertiary/aromatic N) is 7. The molecule has 3 N–H and O–H groups in total.